The lowest BCUT2D eigenvalue weighted by molar-refractivity contribution is 1.18. The molecule has 0 saturated carbocycles. The summed E-state index contributed by atoms with van der Waals surface area (Å²) in [5.41, 5.74) is 3.37. The van der Waals surface area contributed by atoms with Gasteiger partial charge in [0.15, 0.2) is 0 Å². The van der Waals surface area contributed by atoms with Gasteiger partial charge in [-0.1, -0.05) is 63.2 Å². The number of benzene rings is 1. The van der Waals surface area contributed by atoms with Gasteiger partial charge in [-0.15, -0.1) is 0 Å². The maximum atomic E-state index is 5.45. The molecule has 0 unspecified atom stereocenters. The van der Waals surface area contributed by atoms with Gasteiger partial charge in [0.25, 0.3) is 0 Å². The summed E-state index contributed by atoms with van der Waals surface area (Å²) in [4.78, 5) is 9.65. The fourth-order valence-corrected chi connectivity index (χ4v) is 4.68. The van der Waals surface area contributed by atoms with Gasteiger partial charge < -0.3 is 0 Å². The minimum absolute atomic E-state index is 0.853. The van der Waals surface area contributed by atoms with Crippen molar-refractivity contribution in [3.63, 3.8) is 0 Å². The molecule has 0 atom stereocenters. The summed E-state index contributed by atoms with van der Waals surface area (Å²) in [6.07, 6.45) is 6.05. The maximum Gasteiger partial charge on any atom is 0.106 e. The molecule has 0 spiro atoms. The van der Waals surface area contributed by atoms with E-state index in [4.69, 9.17) is 12.2 Å². The van der Waals surface area contributed by atoms with E-state index in [2.05, 4.69) is 34.2 Å². The van der Waals surface area contributed by atoms with E-state index in [9.17, 15) is 0 Å². The van der Waals surface area contributed by atoms with E-state index in [1.165, 1.54) is 11.1 Å². The molecule has 0 aliphatic rings. The van der Waals surface area contributed by atoms with Gasteiger partial charge in [-0.3, -0.25) is 9.97 Å². The second-order valence-corrected chi connectivity index (χ2v) is 6.83. The molecule has 0 N–H and O–H groups in total. The van der Waals surface area contributed by atoms with Crippen LogP contribution in [-0.4, -0.2) is 9.97 Å². The van der Waals surface area contributed by atoms with Crippen molar-refractivity contribution in [1.29, 1.82) is 0 Å². The predicted molar refractivity (Wildman–Crippen MR) is 83.3 cm³/mol. The summed E-state index contributed by atoms with van der Waals surface area (Å²) in [7, 11) is 3.32. The summed E-state index contributed by atoms with van der Waals surface area (Å²) in [6.45, 7) is 0. The van der Waals surface area contributed by atoms with Gasteiger partial charge in [-0.25, -0.2) is 0 Å². The molecule has 3 aromatic rings. The zero-order chi connectivity index (χ0) is 13.1. The molecule has 2 heterocycles. The van der Waals surface area contributed by atoms with Crippen LogP contribution in [0.2, 0.25) is 0 Å². The van der Waals surface area contributed by atoms with Gasteiger partial charge in [0.2, 0.25) is 0 Å². The molecular weight excluding hydrogens is 292 g/mol. The molecule has 1 aromatic carbocycles. The molecule has 19 heavy (non-hydrogen) atoms. The SMILES string of the molecule is S=c1ssc(-c2cnccn2)c1Cc1ccccc1. The highest BCUT2D eigenvalue weighted by Gasteiger charge is 2.12. The normalized spacial score (nSPS) is 10.5. The van der Waals surface area contributed by atoms with Crippen molar-refractivity contribution in [2.45, 2.75) is 6.42 Å². The third-order valence-corrected chi connectivity index (χ3v) is 5.91. The first kappa shape index (κ1) is 12.6. The molecule has 0 bridgehead atoms. The summed E-state index contributed by atoms with van der Waals surface area (Å²) in [5, 5.41) is 0. The van der Waals surface area contributed by atoms with Crippen molar-refractivity contribution >= 4 is 32.9 Å². The van der Waals surface area contributed by atoms with Gasteiger partial charge in [0.1, 0.15) is 3.82 Å². The fraction of sp³-hybridized carbons (Fsp3) is 0.0714. The highest BCUT2D eigenvalue weighted by atomic mass is 32.9. The third kappa shape index (κ3) is 2.78. The highest BCUT2D eigenvalue weighted by molar-refractivity contribution is 7.80. The molecule has 0 radical (unpaired) electrons. The summed E-state index contributed by atoms with van der Waals surface area (Å²) in [5.74, 6) is 0. The third-order valence-electron chi connectivity index (χ3n) is 2.74. The Hall–Kier alpha value is -1.43. The molecule has 3 rings (SSSR count). The lowest BCUT2D eigenvalue weighted by Gasteiger charge is -2.02. The Bertz CT molecular complexity index is 717. The van der Waals surface area contributed by atoms with Crippen LogP contribution >= 0.6 is 32.9 Å². The minimum atomic E-state index is 0.853. The summed E-state index contributed by atoms with van der Waals surface area (Å²) < 4.78 is 0.953. The van der Waals surface area contributed by atoms with Crippen LogP contribution in [0.5, 0.6) is 0 Å². The Labute approximate surface area is 123 Å². The first-order chi connectivity index (χ1) is 9.34. The monoisotopic (exact) mass is 302 g/mol. The molecule has 2 nitrogen and oxygen atoms in total. The molecule has 5 heteroatoms. The average Bonchev–Trinajstić information content (AvgIpc) is 2.82. The number of nitrogens with zero attached hydrogens (tertiary/aromatic N) is 2. The smallest absolute Gasteiger partial charge is 0.106 e. The Kier molecular flexibility index (Phi) is 3.77. The highest BCUT2D eigenvalue weighted by Crippen LogP contribution is 2.34. The van der Waals surface area contributed by atoms with Gasteiger partial charge in [-0.05, 0) is 5.56 Å². The van der Waals surface area contributed by atoms with Crippen LogP contribution in [0, 0.1) is 3.82 Å². The second kappa shape index (κ2) is 5.69. The van der Waals surface area contributed by atoms with E-state index in [1.54, 1.807) is 39.3 Å². The van der Waals surface area contributed by atoms with Crippen LogP contribution in [0.4, 0.5) is 0 Å². The van der Waals surface area contributed by atoms with E-state index in [-0.39, 0.29) is 0 Å². The summed E-state index contributed by atoms with van der Waals surface area (Å²) in [6, 6.07) is 10.4. The fourth-order valence-electron chi connectivity index (χ4n) is 1.84. The van der Waals surface area contributed by atoms with Crippen LogP contribution in [0.3, 0.4) is 0 Å². The van der Waals surface area contributed by atoms with E-state index in [1.807, 2.05) is 6.07 Å². The Morgan fingerprint density at radius 2 is 1.89 bits per heavy atom. The standard InChI is InChI=1S/C14H10N2S3/c17-14-11(8-10-4-2-1-3-5-10)13(18-19-14)12-9-15-6-7-16-12/h1-7,9H,8H2. The average molecular weight is 302 g/mol. The number of hydrogen-bond acceptors (Lipinski definition) is 5. The van der Waals surface area contributed by atoms with Crippen LogP contribution in [-0.2, 0) is 6.42 Å². The van der Waals surface area contributed by atoms with E-state index < -0.39 is 0 Å². The molecular formula is C14H10N2S3. The topological polar surface area (TPSA) is 25.8 Å². The van der Waals surface area contributed by atoms with Crippen LogP contribution in [0.1, 0.15) is 11.1 Å². The van der Waals surface area contributed by atoms with Crippen molar-refractivity contribution in [2.75, 3.05) is 0 Å². The van der Waals surface area contributed by atoms with Crippen LogP contribution in [0.15, 0.2) is 48.9 Å². The Balaban J connectivity index is 2.03. The quantitative estimate of drug-likeness (QED) is 0.523. The summed E-state index contributed by atoms with van der Waals surface area (Å²) >= 11 is 5.45. The number of rotatable bonds is 3. The van der Waals surface area contributed by atoms with Crippen molar-refractivity contribution in [1.82, 2.24) is 9.97 Å². The molecule has 0 fully saturated rings. The van der Waals surface area contributed by atoms with Crippen LogP contribution in [0.25, 0.3) is 10.6 Å². The molecule has 0 aliphatic heterocycles. The number of hydrogen-bond donors (Lipinski definition) is 0. The second-order valence-electron chi connectivity index (χ2n) is 4.01. The van der Waals surface area contributed by atoms with Crippen molar-refractivity contribution < 1.29 is 0 Å². The molecule has 2 aromatic heterocycles. The maximum absolute atomic E-state index is 5.45. The van der Waals surface area contributed by atoms with Gasteiger partial charge in [0, 0.05) is 24.4 Å². The molecule has 0 saturated heterocycles. The van der Waals surface area contributed by atoms with Crippen molar-refractivity contribution in [3.05, 3.63) is 63.9 Å². The predicted octanol–water partition coefficient (Wildman–Crippen LogP) is 4.59. The molecule has 0 amide bonds. The number of aromatic nitrogens is 2. The van der Waals surface area contributed by atoms with Crippen molar-refractivity contribution in [2.24, 2.45) is 0 Å². The first-order valence-corrected chi connectivity index (χ1v) is 8.33. The van der Waals surface area contributed by atoms with E-state index >= 15 is 0 Å². The lowest BCUT2D eigenvalue weighted by atomic mass is 10.1. The van der Waals surface area contributed by atoms with Gasteiger partial charge in [-0.2, -0.15) is 0 Å². The van der Waals surface area contributed by atoms with Gasteiger partial charge in [0.05, 0.1) is 16.8 Å². The first-order valence-electron chi connectivity index (χ1n) is 5.77. The Morgan fingerprint density at radius 1 is 1.05 bits per heavy atom. The zero-order valence-electron chi connectivity index (χ0n) is 9.95. The largest absolute Gasteiger partial charge is 0.261 e. The zero-order valence-corrected chi connectivity index (χ0v) is 12.4. The van der Waals surface area contributed by atoms with E-state index in [0.717, 1.165) is 20.8 Å². The Morgan fingerprint density at radius 3 is 2.63 bits per heavy atom. The lowest BCUT2D eigenvalue weighted by Crippen LogP contribution is -1.90. The van der Waals surface area contributed by atoms with Crippen LogP contribution < -0.4 is 0 Å². The van der Waals surface area contributed by atoms with Gasteiger partial charge >= 0.3 is 0 Å². The molecule has 94 valence electrons. The van der Waals surface area contributed by atoms with E-state index in [0.29, 0.717) is 0 Å². The van der Waals surface area contributed by atoms with Crippen molar-refractivity contribution in [3.8, 4) is 10.6 Å². The molecule has 0 aliphatic carbocycles. The minimum Gasteiger partial charge on any atom is -0.261 e.